The second-order valence-electron chi connectivity index (χ2n) is 10.4. The molecular weight excluding hydrogens is 371 g/mol. The number of allylic oxidation sites excluding steroid dienone is 2. The molecule has 3 aliphatic carbocycles. The van der Waals surface area contributed by atoms with E-state index in [9.17, 15) is 4.39 Å². The lowest BCUT2D eigenvalue weighted by Crippen LogP contribution is -2.34. The molecule has 4 unspecified atom stereocenters. The predicted molar refractivity (Wildman–Crippen MR) is 123 cm³/mol. The average Bonchev–Trinajstić information content (AvgIpc) is 2.79. The predicted octanol–water partition coefficient (Wildman–Crippen LogP) is 8.30. The van der Waals surface area contributed by atoms with Crippen molar-refractivity contribution in [2.75, 3.05) is 7.11 Å². The molecule has 0 N–H and O–H groups in total. The van der Waals surface area contributed by atoms with E-state index < -0.39 is 0 Å². The Morgan fingerprint density at radius 2 is 1.57 bits per heavy atom. The first-order valence-corrected chi connectivity index (χ1v) is 12.6. The zero-order chi connectivity index (χ0) is 20.9. The Morgan fingerprint density at radius 3 is 2.27 bits per heavy atom. The van der Waals surface area contributed by atoms with Crippen LogP contribution in [0.4, 0.5) is 4.39 Å². The van der Waals surface area contributed by atoms with Crippen molar-refractivity contribution in [3.63, 3.8) is 0 Å². The Kier molecular flexibility index (Phi) is 7.55. The van der Waals surface area contributed by atoms with E-state index in [1.807, 2.05) is 12.1 Å². The van der Waals surface area contributed by atoms with Crippen LogP contribution in [-0.4, -0.2) is 7.11 Å². The Bertz CT molecular complexity index is 703. The average molecular weight is 413 g/mol. The van der Waals surface area contributed by atoms with Gasteiger partial charge in [0, 0.05) is 6.07 Å². The van der Waals surface area contributed by atoms with Gasteiger partial charge >= 0.3 is 0 Å². The second-order valence-corrected chi connectivity index (χ2v) is 10.4. The standard InChI is InChI=1S/C28H41FO/c1-3-4-5-6-20-7-8-25-18-24(14-13-23(25)17-20)21-9-11-22(12-10-21)27-16-15-26(30-2)19-28(27)29/h3-4,15-16,19-25H,5-14,17-18H2,1-2H3/b4-3+. The molecule has 4 atom stereocenters. The van der Waals surface area contributed by atoms with Gasteiger partial charge in [-0.1, -0.05) is 24.6 Å². The number of hydrogen-bond acceptors (Lipinski definition) is 1. The molecule has 0 heterocycles. The lowest BCUT2D eigenvalue weighted by atomic mass is 9.60. The second kappa shape index (κ2) is 10.3. The molecule has 0 aromatic heterocycles. The Balaban J connectivity index is 1.26. The minimum Gasteiger partial charge on any atom is -0.497 e. The van der Waals surface area contributed by atoms with E-state index in [1.165, 1.54) is 64.2 Å². The van der Waals surface area contributed by atoms with Gasteiger partial charge in [0.15, 0.2) is 0 Å². The molecule has 0 bridgehead atoms. The number of halogens is 1. The molecule has 0 amide bonds. The number of benzene rings is 1. The van der Waals surface area contributed by atoms with Crippen LogP contribution in [0, 0.1) is 35.4 Å². The number of hydrogen-bond donors (Lipinski definition) is 0. The summed E-state index contributed by atoms with van der Waals surface area (Å²) in [5.74, 6) is 5.75. The highest BCUT2D eigenvalue weighted by atomic mass is 19.1. The SMILES string of the molecule is C/C=C/CCC1CCC2CC(C3CCC(c4ccc(OC)cc4F)CC3)CCC2C1. The van der Waals surface area contributed by atoms with Crippen molar-refractivity contribution >= 4 is 0 Å². The van der Waals surface area contributed by atoms with Crippen LogP contribution in [-0.2, 0) is 0 Å². The number of methoxy groups -OCH3 is 1. The first kappa shape index (κ1) is 21.9. The van der Waals surface area contributed by atoms with E-state index in [4.69, 9.17) is 4.74 Å². The number of rotatable bonds is 6. The van der Waals surface area contributed by atoms with E-state index in [1.54, 1.807) is 13.2 Å². The molecule has 1 aromatic carbocycles. The fourth-order valence-electron chi connectivity index (χ4n) is 7.08. The summed E-state index contributed by atoms with van der Waals surface area (Å²) in [7, 11) is 1.60. The minimum absolute atomic E-state index is 0.0792. The van der Waals surface area contributed by atoms with Crippen LogP contribution in [0.1, 0.15) is 95.5 Å². The zero-order valence-electron chi connectivity index (χ0n) is 19.1. The van der Waals surface area contributed by atoms with E-state index in [-0.39, 0.29) is 5.82 Å². The van der Waals surface area contributed by atoms with Gasteiger partial charge in [-0.3, -0.25) is 0 Å². The Morgan fingerprint density at radius 1 is 0.900 bits per heavy atom. The van der Waals surface area contributed by atoms with Crippen molar-refractivity contribution in [3.8, 4) is 5.75 Å². The molecular formula is C28H41FO. The fourth-order valence-corrected chi connectivity index (χ4v) is 7.08. The maximum Gasteiger partial charge on any atom is 0.130 e. The highest BCUT2D eigenvalue weighted by molar-refractivity contribution is 5.31. The van der Waals surface area contributed by atoms with Crippen LogP contribution in [0.25, 0.3) is 0 Å². The molecule has 0 radical (unpaired) electrons. The summed E-state index contributed by atoms with van der Waals surface area (Å²) in [6, 6.07) is 5.43. The van der Waals surface area contributed by atoms with Crippen LogP contribution in [0.5, 0.6) is 5.75 Å². The van der Waals surface area contributed by atoms with E-state index >= 15 is 0 Å². The summed E-state index contributed by atoms with van der Waals surface area (Å²) in [4.78, 5) is 0. The van der Waals surface area contributed by atoms with Crippen molar-refractivity contribution in [3.05, 3.63) is 41.7 Å². The van der Waals surface area contributed by atoms with Crippen LogP contribution >= 0.6 is 0 Å². The largest absolute Gasteiger partial charge is 0.497 e. The van der Waals surface area contributed by atoms with E-state index in [0.717, 1.165) is 48.0 Å². The van der Waals surface area contributed by atoms with Gasteiger partial charge in [0.25, 0.3) is 0 Å². The van der Waals surface area contributed by atoms with Gasteiger partial charge in [0.1, 0.15) is 11.6 Å². The fraction of sp³-hybridized carbons (Fsp3) is 0.714. The van der Waals surface area contributed by atoms with Crippen LogP contribution in [0.3, 0.4) is 0 Å². The van der Waals surface area contributed by atoms with Crippen LogP contribution < -0.4 is 4.74 Å². The number of fused-ring (bicyclic) bond motifs is 1. The topological polar surface area (TPSA) is 9.23 Å². The molecule has 3 saturated carbocycles. The lowest BCUT2D eigenvalue weighted by molar-refractivity contribution is 0.0620. The van der Waals surface area contributed by atoms with Crippen molar-refractivity contribution in [2.45, 2.75) is 89.9 Å². The van der Waals surface area contributed by atoms with Crippen LogP contribution in [0.2, 0.25) is 0 Å². The lowest BCUT2D eigenvalue weighted by Gasteiger charge is -2.45. The monoisotopic (exact) mass is 412 g/mol. The van der Waals surface area contributed by atoms with E-state index in [2.05, 4.69) is 19.1 Å². The summed E-state index contributed by atoms with van der Waals surface area (Å²) < 4.78 is 19.7. The number of ether oxygens (including phenoxy) is 1. The molecule has 3 aliphatic rings. The highest BCUT2D eigenvalue weighted by Gasteiger charge is 2.38. The molecule has 3 fully saturated rings. The smallest absolute Gasteiger partial charge is 0.130 e. The van der Waals surface area contributed by atoms with Gasteiger partial charge in [-0.05, 0) is 125 Å². The third kappa shape index (κ3) is 5.11. The zero-order valence-corrected chi connectivity index (χ0v) is 19.1. The first-order valence-electron chi connectivity index (χ1n) is 12.6. The van der Waals surface area contributed by atoms with Crippen molar-refractivity contribution < 1.29 is 9.13 Å². The Hall–Kier alpha value is -1.31. The van der Waals surface area contributed by atoms with Gasteiger partial charge < -0.3 is 4.74 Å². The summed E-state index contributed by atoms with van der Waals surface area (Å²) in [5, 5.41) is 0. The molecule has 166 valence electrons. The van der Waals surface area contributed by atoms with Gasteiger partial charge in [-0.25, -0.2) is 4.39 Å². The highest BCUT2D eigenvalue weighted by Crippen LogP contribution is 2.50. The van der Waals surface area contributed by atoms with Gasteiger partial charge in [0.2, 0.25) is 0 Å². The normalized spacial score (nSPS) is 34.6. The maximum absolute atomic E-state index is 14.5. The molecule has 0 spiro atoms. The van der Waals surface area contributed by atoms with Gasteiger partial charge in [0.05, 0.1) is 7.11 Å². The third-order valence-corrected chi connectivity index (χ3v) is 8.83. The van der Waals surface area contributed by atoms with Crippen molar-refractivity contribution in [1.29, 1.82) is 0 Å². The molecule has 30 heavy (non-hydrogen) atoms. The molecule has 0 saturated heterocycles. The molecule has 0 aliphatic heterocycles. The van der Waals surface area contributed by atoms with Crippen molar-refractivity contribution in [2.24, 2.45) is 29.6 Å². The molecule has 1 nitrogen and oxygen atoms in total. The summed E-state index contributed by atoms with van der Waals surface area (Å²) >= 11 is 0. The van der Waals surface area contributed by atoms with Crippen LogP contribution in [0.15, 0.2) is 30.4 Å². The summed E-state index contributed by atoms with van der Waals surface area (Å²) in [6.07, 6.45) is 21.0. The Labute approximate surface area is 183 Å². The van der Waals surface area contributed by atoms with Gasteiger partial charge in [-0.15, -0.1) is 0 Å². The third-order valence-electron chi connectivity index (χ3n) is 8.83. The first-order chi connectivity index (χ1) is 14.7. The van der Waals surface area contributed by atoms with Crippen molar-refractivity contribution in [1.82, 2.24) is 0 Å². The van der Waals surface area contributed by atoms with Gasteiger partial charge in [-0.2, -0.15) is 0 Å². The van der Waals surface area contributed by atoms with E-state index in [0.29, 0.717) is 11.7 Å². The molecule has 2 heteroatoms. The summed E-state index contributed by atoms with van der Waals surface area (Å²) in [6.45, 7) is 2.14. The molecule has 4 rings (SSSR count). The molecule has 1 aromatic rings. The summed E-state index contributed by atoms with van der Waals surface area (Å²) in [5.41, 5.74) is 0.911. The quantitative estimate of drug-likeness (QED) is 0.427. The maximum atomic E-state index is 14.5. The minimum atomic E-state index is -0.0792.